The summed E-state index contributed by atoms with van der Waals surface area (Å²) in [6.45, 7) is 4.28. The fraction of sp³-hybridized carbons (Fsp3) is 0.933. The fourth-order valence-electron chi connectivity index (χ4n) is 3.71. The molecule has 0 aromatic rings. The van der Waals surface area contributed by atoms with Gasteiger partial charge in [0.05, 0.1) is 13.2 Å². The van der Waals surface area contributed by atoms with Gasteiger partial charge in [-0.15, -0.1) is 24.8 Å². The number of hydrogen-bond donors (Lipinski definition) is 2. The van der Waals surface area contributed by atoms with Crippen LogP contribution in [0.15, 0.2) is 0 Å². The maximum Gasteiger partial charge on any atom is 0.239 e. The van der Waals surface area contributed by atoms with Crippen LogP contribution in [-0.2, 0) is 9.53 Å². The largest absolute Gasteiger partial charge is 0.378 e. The van der Waals surface area contributed by atoms with Gasteiger partial charge in [0.2, 0.25) is 5.91 Å². The number of ether oxygens (including phenoxy) is 1. The number of likely N-dealkylation sites (tertiary alicyclic amines) is 1. The Hall–Kier alpha value is -0.0700. The summed E-state index contributed by atoms with van der Waals surface area (Å²) in [7, 11) is 0. The van der Waals surface area contributed by atoms with Crippen molar-refractivity contribution in [2.75, 3.05) is 32.8 Å². The summed E-state index contributed by atoms with van der Waals surface area (Å²) in [5.74, 6) is 0.115. The van der Waals surface area contributed by atoms with Gasteiger partial charge in [-0.3, -0.25) is 4.79 Å². The van der Waals surface area contributed by atoms with E-state index in [9.17, 15) is 4.79 Å². The second-order valence-electron chi connectivity index (χ2n) is 6.34. The summed E-state index contributed by atoms with van der Waals surface area (Å²) in [4.78, 5) is 14.8. The topological polar surface area (TPSA) is 53.6 Å². The van der Waals surface area contributed by atoms with Gasteiger partial charge in [0, 0.05) is 31.7 Å². The molecule has 1 saturated carbocycles. The number of nitrogens with zero attached hydrogens (tertiary/aromatic N) is 1. The predicted molar refractivity (Wildman–Crippen MR) is 92.1 cm³/mol. The minimum Gasteiger partial charge on any atom is -0.378 e. The highest BCUT2D eigenvalue weighted by Gasteiger charge is 2.29. The summed E-state index contributed by atoms with van der Waals surface area (Å²) < 4.78 is 5.35. The van der Waals surface area contributed by atoms with E-state index in [2.05, 4.69) is 15.5 Å². The maximum atomic E-state index is 12.1. The van der Waals surface area contributed by atoms with Crippen molar-refractivity contribution in [1.29, 1.82) is 0 Å². The number of nitrogens with one attached hydrogen (secondary N) is 2. The third-order valence-electron chi connectivity index (χ3n) is 4.96. The molecule has 2 saturated heterocycles. The van der Waals surface area contributed by atoms with Crippen LogP contribution in [0.25, 0.3) is 0 Å². The lowest BCUT2D eigenvalue weighted by Crippen LogP contribution is -2.55. The molecule has 0 spiro atoms. The van der Waals surface area contributed by atoms with Crippen LogP contribution in [0.4, 0.5) is 0 Å². The van der Waals surface area contributed by atoms with Gasteiger partial charge in [-0.2, -0.15) is 0 Å². The van der Waals surface area contributed by atoms with Crippen LogP contribution in [-0.4, -0.2) is 61.8 Å². The average molecular weight is 354 g/mol. The summed E-state index contributed by atoms with van der Waals surface area (Å²) in [5.41, 5.74) is 0. The van der Waals surface area contributed by atoms with E-state index >= 15 is 0 Å². The lowest BCUT2D eigenvalue weighted by molar-refractivity contribution is -0.127. The molecule has 1 amide bonds. The minimum atomic E-state index is -0.156. The van der Waals surface area contributed by atoms with E-state index in [-0.39, 0.29) is 36.8 Å². The highest BCUT2D eigenvalue weighted by atomic mass is 35.5. The quantitative estimate of drug-likeness (QED) is 0.803. The van der Waals surface area contributed by atoms with Crippen molar-refractivity contribution in [3.8, 4) is 0 Å². The van der Waals surface area contributed by atoms with Crippen molar-refractivity contribution >= 4 is 30.7 Å². The molecule has 22 heavy (non-hydrogen) atoms. The lowest BCUT2D eigenvalue weighted by atomic mass is 10.0. The first kappa shape index (κ1) is 20.0. The van der Waals surface area contributed by atoms with Crippen LogP contribution in [0.2, 0.25) is 0 Å². The fourth-order valence-corrected chi connectivity index (χ4v) is 3.71. The molecule has 0 radical (unpaired) electrons. The van der Waals surface area contributed by atoms with Gasteiger partial charge in [0.25, 0.3) is 0 Å². The van der Waals surface area contributed by atoms with Crippen molar-refractivity contribution in [2.45, 2.75) is 56.7 Å². The average Bonchev–Trinajstić information content (AvgIpc) is 3.03. The van der Waals surface area contributed by atoms with Crippen molar-refractivity contribution in [1.82, 2.24) is 15.5 Å². The zero-order valence-corrected chi connectivity index (χ0v) is 14.7. The van der Waals surface area contributed by atoms with E-state index in [1.54, 1.807) is 0 Å². The Labute approximate surface area is 145 Å². The first-order chi connectivity index (χ1) is 9.83. The number of halogens is 2. The van der Waals surface area contributed by atoms with Gasteiger partial charge in [-0.25, -0.2) is 0 Å². The van der Waals surface area contributed by atoms with Crippen LogP contribution in [0, 0.1) is 0 Å². The molecule has 1 aliphatic carbocycles. The second kappa shape index (κ2) is 9.93. The molecule has 0 aromatic carbocycles. The highest BCUT2D eigenvalue weighted by molar-refractivity contribution is 5.85. The summed E-state index contributed by atoms with van der Waals surface area (Å²) in [5, 5.41) is 6.41. The number of carbonyl (C=O) groups is 1. The Morgan fingerprint density at radius 1 is 1.09 bits per heavy atom. The van der Waals surface area contributed by atoms with Crippen LogP contribution in [0.1, 0.15) is 38.5 Å². The number of morpholine rings is 1. The molecule has 2 N–H and O–H groups in total. The van der Waals surface area contributed by atoms with Gasteiger partial charge in [-0.05, 0) is 25.7 Å². The Morgan fingerprint density at radius 2 is 1.77 bits per heavy atom. The molecule has 0 aromatic heterocycles. The van der Waals surface area contributed by atoms with E-state index in [0.717, 1.165) is 38.5 Å². The monoisotopic (exact) mass is 353 g/mol. The van der Waals surface area contributed by atoms with Gasteiger partial charge < -0.3 is 20.3 Å². The Morgan fingerprint density at radius 3 is 2.36 bits per heavy atom. The molecule has 3 rings (SSSR count). The van der Waals surface area contributed by atoms with Crippen molar-refractivity contribution in [2.24, 2.45) is 0 Å². The second-order valence-corrected chi connectivity index (χ2v) is 6.34. The molecule has 7 heteroatoms. The smallest absolute Gasteiger partial charge is 0.239 e. The molecule has 0 bridgehead atoms. The summed E-state index contributed by atoms with van der Waals surface area (Å²) in [6.07, 6.45) is 7.73. The lowest BCUT2D eigenvalue weighted by Gasteiger charge is -2.36. The van der Waals surface area contributed by atoms with Crippen molar-refractivity contribution in [3.63, 3.8) is 0 Å². The SMILES string of the molecule is Cl.Cl.O=C(NC1CCN(C2CCCC2)CC1)C1COCCN1. The predicted octanol–water partition coefficient (Wildman–Crippen LogP) is 1.34. The summed E-state index contributed by atoms with van der Waals surface area (Å²) >= 11 is 0. The van der Waals surface area contributed by atoms with E-state index in [1.807, 2.05) is 0 Å². The van der Waals surface area contributed by atoms with E-state index in [0.29, 0.717) is 19.3 Å². The molecule has 3 aliphatic rings. The molecule has 1 unspecified atom stereocenters. The molecule has 5 nitrogen and oxygen atoms in total. The Balaban J connectivity index is 0.00000121. The van der Waals surface area contributed by atoms with Crippen molar-refractivity contribution in [3.05, 3.63) is 0 Å². The van der Waals surface area contributed by atoms with Crippen LogP contribution in [0.3, 0.4) is 0 Å². The van der Waals surface area contributed by atoms with Gasteiger partial charge >= 0.3 is 0 Å². The minimum absolute atomic E-state index is 0. The third kappa shape index (κ3) is 5.24. The van der Waals surface area contributed by atoms with E-state index in [1.165, 1.54) is 25.7 Å². The maximum absolute atomic E-state index is 12.1. The standard InChI is InChI=1S/C15H27N3O2.2ClH/c19-15(14-11-20-10-7-16-14)17-12-5-8-18(9-6-12)13-3-1-2-4-13;;/h12-14,16H,1-11H2,(H,17,19);2*1H. The van der Waals surface area contributed by atoms with E-state index < -0.39 is 0 Å². The normalized spacial score (nSPS) is 27.7. The molecular weight excluding hydrogens is 325 g/mol. The highest BCUT2D eigenvalue weighted by Crippen LogP contribution is 2.26. The van der Waals surface area contributed by atoms with Gasteiger partial charge in [-0.1, -0.05) is 12.8 Å². The molecule has 2 heterocycles. The molecule has 1 atom stereocenters. The molecular formula is C15H29Cl2N3O2. The van der Waals surface area contributed by atoms with Gasteiger partial charge in [0.1, 0.15) is 6.04 Å². The molecule has 3 fully saturated rings. The summed E-state index contributed by atoms with van der Waals surface area (Å²) in [6, 6.07) is 1.01. The zero-order valence-electron chi connectivity index (χ0n) is 13.1. The third-order valence-corrected chi connectivity index (χ3v) is 4.96. The number of piperidine rings is 1. The first-order valence-electron chi connectivity index (χ1n) is 8.18. The molecule has 2 aliphatic heterocycles. The molecule has 130 valence electrons. The van der Waals surface area contributed by atoms with Crippen molar-refractivity contribution < 1.29 is 9.53 Å². The van der Waals surface area contributed by atoms with Crippen LogP contribution < -0.4 is 10.6 Å². The zero-order chi connectivity index (χ0) is 13.8. The number of rotatable bonds is 3. The Bertz CT molecular complexity index is 327. The number of amides is 1. The number of carbonyl (C=O) groups excluding carboxylic acids is 1. The van der Waals surface area contributed by atoms with E-state index in [4.69, 9.17) is 4.74 Å². The van der Waals surface area contributed by atoms with Crippen LogP contribution >= 0.6 is 24.8 Å². The number of hydrogen-bond acceptors (Lipinski definition) is 4. The van der Waals surface area contributed by atoms with Gasteiger partial charge in [0.15, 0.2) is 0 Å². The van der Waals surface area contributed by atoms with Crippen LogP contribution in [0.5, 0.6) is 0 Å². The first-order valence-corrected chi connectivity index (χ1v) is 8.18. The Kier molecular flexibility index (Phi) is 9.02.